The molecule has 4 aromatic rings. The Labute approximate surface area is 200 Å². The second kappa shape index (κ2) is 9.68. The highest BCUT2D eigenvalue weighted by atomic mass is 32.2. The first-order valence-electron chi connectivity index (χ1n) is 10.7. The fraction of sp³-hybridized carbons (Fsp3) is 0.208. The molecule has 0 radical (unpaired) electrons. The van der Waals surface area contributed by atoms with Gasteiger partial charge in [-0.3, -0.25) is 9.36 Å². The van der Waals surface area contributed by atoms with Gasteiger partial charge < -0.3 is 14.9 Å². The summed E-state index contributed by atoms with van der Waals surface area (Å²) in [6, 6.07) is 21.2. The van der Waals surface area contributed by atoms with Gasteiger partial charge in [0.05, 0.1) is 10.6 Å². The van der Waals surface area contributed by atoms with Crippen LogP contribution in [0.15, 0.2) is 77.3 Å². The molecule has 0 saturated carbocycles. The van der Waals surface area contributed by atoms with Crippen molar-refractivity contribution in [1.29, 1.82) is 0 Å². The Kier molecular flexibility index (Phi) is 6.32. The third kappa shape index (κ3) is 4.74. The number of thiophene rings is 1. The highest BCUT2D eigenvalue weighted by Crippen LogP contribution is 2.30. The van der Waals surface area contributed by atoms with E-state index in [2.05, 4.69) is 15.1 Å². The van der Waals surface area contributed by atoms with E-state index in [1.165, 1.54) is 11.8 Å². The average molecular weight is 478 g/mol. The molecule has 1 N–H and O–H groups in total. The van der Waals surface area contributed by atoms with E-state index in [4.69, 9.17) is 0 Å². The van der Waals surface area contributed by atoms with Crippen molar-refractivity contribution < 1.29 is 9.90 Å². The lowest BCUT2D eigenvalue weighted by atomic mass is 10.2. The predicted molar refractivity (Wildman–Crippen MR) is 132 cm³/mol. The number of aromatic hydroxyl groups is 1. The van der Waals surface area contributed by atoms with Crippen molar-refractivity contribution in [3.05, 3.63) is 72.1 Å². The van der Waals surface area contributed by atoms with E-state index in [-0.39, 0.29) is 11.7 Å². The Morgan fingerprint density at radius 1 is 0.909 bits per heavy atom. The predicted octanol–water partition coefficient (Wildman–Crippen LogP) is 4.14. The zero-order valence-electron chi connectivity index (χ0n) is 17.9. The highest BCUT2D eigenvalue weighted by Gasteiger charge is 2.23. The van der Waals surface area contributed by atoms with Crippen LogP contribution in [0.1, 0.15) is 0 Å². The molecule has 1 saturated heterocycles. The summed E-state index contributed by atoms with van der Waals surface area (Å²) < 4.78 is 2.02. The van der Waals surface area contributed by atoms with Gasteiger partial charge in [-0.15, -0.1) is 21.5 Å². The first-order valence-corrected chi connectivity index (χ1v) is 12.5. The quantitative estimate of drug-likeness (QED) is 0.421. The summed E-state index contributed by atoms with van der Waals surface area (Å²) in [7, 11) is 0. The lowest BCUT2D eigenvalue weighted by Gasteiger charge is -2.36. The number of piperazine rings is 1. The molecule has 9 heteroatoms. The van der Waals surface area contributed by atoms with Gasteiger partial charge in [0, 0.05) is 37.6 Å². The van der Waals surface area contributed by atoms with E-state index < -0.39 is 0 Å². The maximum atomic E-state index is 12.9. The van der Waals surface area contributed by atoms with Crippen LogP contribution in [-0.4, -0.2) is 62.6 Å². The molecule has 1 aliphatic rings. The van der Waals surface area contributed by atoms with Crippen LogP contribution < -0.4 is 4.90 Å². The van der Waals surface area contributed by atoms with Gasteiger partial charge in [-0.25, -0.2) is 0 Å². The molecule has 1 fully saturated rings. The van der Waals surface area contributed by atoms with E-state index in [1.54, 1.807) is 23.5 Å². The number of benzene rings is 2. The Morgan fingerprint density at radius 3 is 2.36 bits per heavy atom. The van der Waals surface area contributed by atoms with Gasteiger partial charge in [0.1, 0.15) is 5.75 Å². The monoisotopic (exact) mass is 477 g/mol. The van der Waals surface area contributed by atoms with Crippen molar-refractivity contribution in [3.63, 3.8) is 0 Å². The molecule has 3 heterocycles. The van der Waals surface area contributed by atoms with Crippen LogP contribution >= 0.6 is 23.1 Å². The third-order valence-corrected chi connectivity index (χ3v) is 7.34. The molecule has 2 aromatic carbocycles. The highest BCUT2D eigenvalue weighted by molar-refractivity contribution is 7.99. The number of carbonyl (C=O) groups is 1. The molecule has 0 aliphatic carbocycles. The second-order valence-corrected chi connectivity index (χ2v) is 9.52. The standard InChI is InChI=1S/C24H23N5O2S2/c30-20-10-8-18(9-11-20)27-12-14-28(15-13-27)22(31)17-33-24-26-25-23(21-7-4-16-32-21)29(24)19-5-2-1-3-6-19/h1-11,16,30H,12-15,17H2. The number of phenols is 1. The molecule has 0 unspecified atom stereocenters. The number of hydrogen-bond donors (Lipinski definition) is 1. The van der Waals surface area contributed by atoms with Crippen LogP contribution in [0.4, 0.5) is 5.69 Å². The fourth-order valence-electron chi connectivity index (χ4n) is 3.83. The summed E-state index contributed by atoms with van der Waals surface area (Å²) in [4.78, 5) is 18.1. The van der Waals surface area contributed by atoms with E-state index in [0.717, 1.165) is 35.2 Å². The molecule has 0 spiro atoms. The van der Waals surface area contributed by atoms with Gasteiger partial charge >= 0.3 is 0 Å². The number of hydrogen-bond acceptors (Lipinski definition) is 7. The average Bonchev–Trinajstić information content (AvgIpc) is 3.54. The number of rotatable bonds is 6. The van der Waals surface area contributed by atoms with Crippen molar-refractivity contribution in [2.24, 2.45) is 0 Å². The van der Waals surface area contributed by atoms with Gasteiger partial charge in [0.25, 0.3) is 0 Å². The molecule has 7 nitrogen and oxygen atoms in total. The number of carbonyl (C=O) groups excluding carboxylic acids is 1. The van der Waals surface area contributed by atoms with Crippen molar-refractivity contribution in [2.75, 3.05) is 36.8 Å². The Morgan fingerprint density at radius 2 is 1.67 bits per heavy atom. The molecule has 33 heavy (non-hydrogen) atoms. The van der Waals surface area contributed by atoms with E-state index in [9.17, 15) is 9.90 Å². The number of aromatic nitrogens is 3. The van der Waals surface area contributed by atoms with Crippen LogP contribution in [0, 0.1) is 0 Å². The number of phenolic OH excluding ortho intramolecular Hbond substituents is 1. The number of anilines is 1. The molecule has 2 aromatic heterocycles. The zero-order chi connectivity index (χ0) is 22.6. The molecular weight excluding hydrogens is 454 g/mol. The number of thioether (sulfide) groups is 1. The maximum Gasteiger partial charge on any atom is 0.233 e. The fourth-order valence-corrected chi connectivity index (χ4v) is 5.39. The lowest BCUT2D eigenvalue weighted by molar-refractivity contribution is -0.128. The van der Waals surface area contributed by atoms with Crippen molar-refractivity contribution in [2.45, 2.75) is 5.16 Å². The molecule has 1 aliphatic heterocycles. The zero-order valence-corrected chi connectivity index (χ0v) is 19.5. The van der Waals surface area contributed by atoms with Gasteiger partial charge in [0.15, 0.2) is 11.0 Å². The number of nitrogens with zero attached hydrogens (tertiary/aromatic N) is 5. The molecular formula is C24H23N5O2S2. The summed E-state index contributed by atoms with van der Waals surface area (Å²) in [5, 5.41) is 21.1. The minimum absolute atomic E-state index is 0.102. The molecule has 0 bridgehead atoms. The Hall–Kier alpha value is -3.30. The van der Waals surface area contributed by atoms with Crippen molar-refractivity contribution in [1.82, 2.24) is 19.7 Å². The van der Waals surface area contributed by atoms with Gasteiger partial charge in [0.2, 0.25) is 5.91 Å². The topological polar surface area (TPSA) is 74.5 Å². The normalized spacial score (nSPS) is 13.9. The Bertz CT molecular complexity index is 1200. The van der Waals surface area contributed by atoms with Crippen molar-refractivity contribution >= 4 is 34.7 Å². The minimum atomic E-state index is 0.102. The summed E-state index contributed by atoms with van der Waals surface area (Å²) in [5.41, 5.74) is 2.04. The van der Waals surface area contributed by atoms with Crippen LogP contribution in [0.5, 0.6) is 5.75 Å². The van der Waals surface area contributed by atoms with Crippen LogP contribution in [0.3, 0.4) is 0 Å². The van der Waals surface area contributed by atoms with E-state index in [1.807, 2.05) is 69.4 Å². The molecule has 5 rings (SSSR count). The molecule has 168 valence electrons. The van der Waals surface area contributed by atoms with Crippen molar-refractivity contribution in [3.8, 4) is 22.1 Å². The number of amides is 1. The minimum Gasteiger partial charge on any atom is -0.508 e. The largest absolute Gasteiger partial charge is 0.508 e. The lowest BCUT2D eigenvalue weighted by Crippen LogP contribution is -2.49. The first kappa shape index (κ1) is 21.5. The van der Waals surface area contributed by atoms with E-state index >= 15 is 0 Å². The second-order valence-electron chi connectivity index (χ2n) is 7.63. The van der Waals surface area contributed by atoms with Gasteiger partial charge in [-0.05, 0) is 47.8 Å². The summed E-state index contributed by atoms with van der Waals surface area (Å²) in [6.07, 6.45) is 0. The van der Waals surface area contributed by atoms with Crippen LogP contribution in [-0.2, 0) is 4.79 Å². The first-order chi connectivity index (χ1) is 16.2. The summed E-state index contributed by atoms with van der Waals surface area (Å²) in [5.74, 6) is 1.46. The molecule has 0 atom stereocenters. The summed E-state index contributed by atoms with van der Waals surface area (Å²) in [6.45, 7) is 2.88. The van der Waals surface area contributed by atoms with E-state index in [0.29, 0.717) is 24.0 Å². The number of para-hydroxylation sites is 1. The van der Waals surface area contributed by atoms with Gasteiger partial charge in [-0.1, -0.05) is 36.0 Å². The van der Waals surface area contributed by atoms with Crippen LogP contribution in [0.2, 0.25) is 0 Å². The smallest absolute Gasteiger partial charge is 0.233 e. The SMILES string of the molecule is O=C(CSc1nnc(-c2cccs2)n1-c1ccccc1)N1CCN(c2ccc(O)cc2)CC1. The summed E-state index contributed by atoms with van der Waals surface area (Å²) >= 11 is 3.04. The Balaban J connectivity index is 1.25. The van der Waals surface area contributed by atoms with Gasteiger partial charge in [-0.2, -0.15) is 0 Å². The molecule has 1 amide bonds. The van der Waals surface area contributed by atoms with Crippen LogP contribution in [0.25, 0.3) is 16.4 Å². The third-order valence-electron chi connectivity index (χ3n) is 5.56. The maximum absolute atomic E-state index is 12.9.